The molecule has 184 valence electrons. The first-order chi connectivity index (χ1) is 16.5. The van der Waals surface area contributed by atoms with Gasteiger partial charge in [-0.05, 0) is 49.1 Å². The van der Waals surface area contributed by atoms with E-state index in [1.54, 1.807) is 13.0 Å². The summed E-state index contributed by atoms with van der Waals surface area (Å²) >= 11 is 0. The Morgan fingerprint density at radius 1 is 1.14 bits per heavy atom. The summed E-state index contributed by atoms with van der Waals surface area (Å²) < 4.78 is 44.3. The predicted octanol–water partition coefficient (Wildman–Crippen LogP) is 4.81. The summed E-state index contributed by atoms with van der Waals surface area (Å²) in [5.41, 5.74) is 1.38. The summed E-state index contributed by atoms with van der Waals surface area (Å²) in [7, 11) is 0. The van der Waals surface area contributed by atoms with Crippen molar-refractivity contribution in [2.75, 3.05) is 16.8 Å². The van der Waals surface area contributed by atoms with Gasteiger partial charge >= 0.3 is 12.3 Å². The molecule has 3 aromatic heterocycles. The van der Waals surface area contributed by atoms with Gasteiger partial charge in [-0.1, -0.05) is 13.8 Å². The van der Waals surface area contributed by atoms with Crippen LogP contribution in [0, 0.1) is 12.8 Å². The number of hydrogen-bond acceptors (Lipinski definition) is 8. The molecule has 1 amide bonds. The number of rotatable bonds is 6. The zero-order valence-electron chi connectivity index (χ0n) is 19.5. The number of anilines is 2. The lowest BCUT2D eigenvalue weighted by molar-refractivity contribution is -0.141. The first kappa shape index (κ1) is 24.3. The van der Waals surface area contributed by atoms with E-state index in [1.807, 2.05) is 20.8 Å². The number of nitrogens with one attached hydrogen (secondary N) is 1. The summed E-state index contributed by atoms with van der Waals surface area (Å²) in [6, 6.07) is 3.78. The van der Waals surface area contributed by atoms with E-state index >= 15 is 0 Å². The highest BCUT2D eigenvalue weighted by Crippen LogP contribution is 2.32. The number of carbonyl (C=O) groups excluding carboxylic acids is 1. The van der Waals surface area contributed by atoms with Gasteiger partial charge in [0, 0.05) is 18.0 Å². The van der Waals surface area contributed by atoms with E-state index < -0.39 is 18.0 Å². The number of nitrogens with zero attached hydrogens (tertiary/aromatic N) is 6. The van der Waals surface area contributed by atoms with Crippen LogP contribution in [0.4, 0.5) is 29.9 Å². The van der Waals surface area contributed by atoms with E-state index in [4.69, 9.17) is 4.74 Å². The van der Waals surface area contributed by atoms with Gasteiger partial charge < -0.3 is 10.1 Å². The molecule has 12 heteroatoms. The molecule has 1 aliphatic rings. The molecule has 1 unspecified atom stereocenters. The first-order valence-corrected chi connectivity index (χ1v) is 11.0. The van der Waals surface area contributed by atoms with Crippen LogP contribution in [0.1, 0.15) is 43.8 Å². The highest BCUT2D eigenvalue weighted by Gasteiger charge is 2.38. The Labute approximate surface area is 199 Å². The number of halogens is 3. The summed E-state index contributed by atoms with van der Waals surface area (Å²) in [6.07, 6.45) is -1.06. The summed E-state index contributed by atoms with van der Waals surface area (Å²) in [5, 5.41) is 3.13. The Hall–Kier alpha value is -3.83. The standard InChI is InChI=1S/C23H24F3N7O2/c1-12(2)18-10-35-22(34)33(18)21-30-11-29-20(32-21)31-14(4)17-7-13(3)16(9-28-17)15-5-6-27-19(8-15)23(24,25)26/h5-9,11-12,14,18H,10H2,1-4H3,(H,29,30,31,32)/t14?,18-/m1/s1. The topological polar surface area (TPSA) is 106 Å². The second-order valence-corrected chi connectivity index (χ2v) is 8.58. The van der Waals surface area contributed by atoms with E-state index in [1.165, 1.54) is 23.5 Å². The number of ether oxygens (including phenoxy) is 1. The maximum Gasteiger partial charge on any atom is 0.433 e. The summed E-state index contributed by atoms with van der Waals surface area (Å²) in [6.45, 7) is 7.87. The van der Waals surface area contributed by atoms with Crippen molar-refractivity contribution in [3.63, 3.8) is 0 Å². The number of cyclic esters (lactones) is 1. The van der Waals surface area contributed by atoms with Crippen molar-refractivity contribution in [1.29, 1.82) is 0 Å². The molecular weight excluding hydrogens is 463 g/mol. The molecule has 0 aliphatic carbocycles. The molecule has 1 N–H and O–H groups in total. The third-order valence-corrected chi connectivity index (χ3v) is 5.73. The average molecular weight is 487 g/mol. The molecule has 0 radical (unpaired) electrons. The zero-order chi connectivity index (χ0) is 25.3. The van der Waals surface area contributed by atoms with Gasteiger partial charge in [-0.25, -0.2) is 19.7 Å². The highest BCUT2D eigenvalue weighted by atomic mass is 19.4. The Balaban J connectivity index is 1.54. The van der Waals surface area contributed by atoms with Crippen molar-refractivity contribution in [2.45, 2.75) is 46.0 Å². The van der Waals surface area contributed by atoms with Crippen molar-refractivity contribution in [3.8, 4) is 11.1 Å². The minimum atomic E-state index is -4.53. The number of carbonyl (C=O) groups is 1. The molecule has 0 bridgehead atoms. The molecule has 1 saturated heterocycles. The quantitative estimate of drug-likeness (QED) is 0.528. The lowest BCUT2D eigenvalue weighted by atomic mass is 10.0. The molecule has 4 heterocycles. The second kappa shape index (κ2) is 9.43. The lowest BCUT2D eigenvalue weighted by Crippen LogP contribution is -2.38. The van der Waals surface area contributed by atoms with Crippen LogP contribution in [0.25, 0.3) is 11.1 Å². The zero-order valence-corrected chi connectivity index (χ0v) is 19.5. The number of aryl methyl sites for hydroxylation is 1. The monoisotopic (exact) mass is 487 g/mol. The number of alkyl halides is 3. The van der Waals surface area contributed by atoms with Crippen LogP contribution in [0.2, 0.25) is 0 Å². The van der Waals surface area contributed by atoms with Gasteiger partial charge in [0.1, 0.15) is 18.6 Å². The largest absolute Gasteiger partial charge is 0.447 e. The van der Waals surface area contributed by atoms with Crippen LogP contribution in [0.3, 0.4) is 0 Å². The molecule has 3 aromatic rings. The molecule has 0 spiro atoms. The van der Waals surface area contributed by atoms with Crippen molar-refractivity contribution in [3.05, 3.63) is 53.9 Å². The normalized spacial score (nSPS) is 17.0. The Bertz CT molecular complexity index is 1240. The van der Waals surface area contributed by atoms with E-state index in [9.17, 15) is 18.0 Å². The van der Waals surface area contributed by atoms with Gasteiger partial charge in [0.25, 0.3) is 0 Å². The minimum absolute atomic E-state index is 0.145. The van der Waals surface area contributed by atoms with Crippen LogP contribution in [0.15, 0.2) is 36.9 Å². The Morgan fingerprint density at radius 3 is 2.60 bits per heavy atom. The fourth-order valence-corrected chi connectivity index (χ4v) is 3.77. The van der Waals surface area contributed by atoms with Gasteiger partial charge in [0.15, 0.2) is 0 Å². The van der Waals surface area contributed by atoms with Crippen molar-refractivity contribution < 1.29 is 22.7 Å². The lowest BCUT2D eigenvalue weighted by Gasteiger charge is -2.22. The molecule has 0 aromatic carbocycles. The van der Waals surface area contributed by atoms with Crippen LogP contribution < -0.4 is 10.2 Å². The third kappa shape index (κ3) is 5.15. The molecule has 0 saturated carbocycles. The Kier molecular flexibility index (Phi) is 6.55. The van der Waals surface area contributed by atoms with E-state index in [-0.39, 0.29) is 36.5 Å². The molecule has 1 aliphatic heterocycles. The number of aromatic nitrogens is 5. The third-order valence-electron chi connectivity index (χ3n) is 5.73. The SMILES string of the molecule is Cc1cc(C(C)Nc2ncnc(N3C(=O)OC[C@@H]3C(C)C)n2)ncc1-c1ccnc(C(F)(F)F)c1. The first-order valence-electron chi connectivity index (χ1n) is 11.0. The van der Waals surface area contributed by atoms with Gasteiger partial charge in [-0.2, -0.15) is 18.2 Å². The Morgan fingerprint density at radius 2 is 1.91 bits per heavy atom. The number of pyridine rings is 2. The summed E-state index contributed by atoms with van der Waals surface area (Å²) in [4.78, 5) is 34.1. The minimum Gasteiger partial charge on any atom is -0.447 e. The summed E-state index contributed by atoms with van der Waals surface area (Å²) in [5.74, 6) is 0.581. The molecule has 35 heavy (non-hydrogen) atoms. The van der Waals surface area contributed by atoms with Crippen molar-refractivity contribution in [1.82, 2.24) is 24.9 Å². The van der Waals surface area contributed by atoms with Crippen LogP contribution >= 0.6 is 0 Å². The second-order valence-electron chi connectivity index (χ2n) is 8.58. The van der Waals surface area contributed by atoms with Crippen molar-refractivity contribution in [2.24, 2.45) is 5.92 Å². The molecular formula is C23H24F3N7O2. The fourth-order valence-electron chi connectivity index (χ4n) is 3.77. The van der Waals surface area contributed by atoms with E-state index in [0.29, 0.717) is 16.8 Å². The van der Waals surface area contributed by atoms with Gasteiger partial charge in [0.2, 0.25) is 11.9 Å². The van der Waals surface area contributed by atoms with E-state index in [2.05, 4.69) is 30.2 Å². The van der Waals surface area contributed by atoms with Crippen molar-refractivity contribution >= 4 is 18.0 Å². The predicted molar refractivity (Wildman–Crippen MR) is 122 cm³/mol. The van der Waals surface area contributed by atoms with Gasteiger partial charge in [-0.15, -0.1) is 0 Å². The molecule has 1 fully saturated rings. The smallest absolute Gasteiger partial charge is 0.433 e. The van der Waals surface area contributed by atoms with Gasteiger partial charge in [-0.3, -0.25) is 9.97 Å². The maximum atomic E-state index is 13.0. The van der Waals surface area contributed by atoms with Crippen LogP contribution in [0.5, 0.6) is 0 Å². The van der Waals surface area contributed by atoms with Gasteiger partial charge in [0.05, 0.1) is 17.8 Å². The number of hydrogen-bond donors (Lipinski definition) is 1. The highest BCUT2D eigenvalue weighted by molar-refractivity contribution is 5.88. The van der Waals surface area contributed by atoms with E-state index in [0.717, 1.165) is 17.8 Å². The van der Waals surface area contributed by atoms with Crippen LogP contribution in [-0.2, 0) is 10.9 Å². The maximum absolute atomic E-state index is 13.0. The number of amides is 1. The molecule has 4 rings (SSSR count). The molecule has 2 atom stereocenters. The fraction of sp³-hybridized carbons (Fsp3) is 0.391. The molecule has 9 nitrogen and oxygen atoms in total. The average Bonchev–Trinajstić information content (AvgIpc) is 3.20. The van der Waals surface area contributed by atoms with Crippen LogP contribution in [-0.4, -0.2) is 43.7 Å².